The summed E-state index contributed by atoms with van der Waals surface area (Å²) in [6.45, 7) is 7.21. The maximum absolute atomic E-state index is 4.76. The lowest BCUT2D eigenvalue weighted by Crippen LogP contribution is -2.39. The molecule has 1 fully saturated rings. The summed E-state index contributed by atoms with van der Waals surface area (Å²) >= 11 is 3.88. The molecule has 0 spiro atoms. The van der Waals surface area contributed by atoms with Gasteiger partial charge in [0.05, 0.1) is 6.54 Å². The monoisotopic (exact) mass is 311 g/mol. The Balaban J connectivity index is 1.79. The van der Waals surface area contributed by atoms with Crippen LogP contribution in [0.4, 0.5) is 0 Å². The highest BCUT2D eigenvalue weighted by molar-refractivity contribution is 8.00. The average Bonchev–Trinajstić information content (AvgIpc) is 3.08. The van der Waals surface area contributed by atoms with E-state index in [1.165, 1.54) is 23.5 Å². The van der Waals surface area contributed by atoms with E-state index in [1.807, 2.05) is 11.3 Å². The number of hydrogen-bond acceptors (Lipinski definition) is 3. The van der Waals surface area contributed by atoms with E-state index in [2.05, 4.69) is 53.8 Å². The maximum atomic E-state index is 4.76. The van der Waals surface area contributed by atoms with Gasteiger partial charge in [-0.25, -0.2) is 0 Å². The Bertz CT molecular complexity index is 409. The lowest BCUT2D eigenvalue weighted by atomic mass is 10.1. The molecule has 0 saturated carbocycles. The molecule has 0 bridgehead atoms. The minimum absolute atomic E-state index is 0.343. The summed E-state index contributed by atoms with van der Waals surface area (Å²) in [6, 6.07) is 4.30. The van der Waals surface area contributed by atoms with Crippen molar-refractivity contribution < 1.29 is 0 Å². The van der Waals surface area contributed by atoms with Gasteiger partial charge < -0.3 is 10.6 Å². The summed E-state index contributed by atoms with van der Waals surface area (Å²) in [7, 11) is 0. The van der Waals surface area contributed by atoms with Crippen LogP contribution < -0.4 is 10.6 Å². The minimum atomic E-state index is 0.343. The molecule has 1 aliphatic rings. The van der Waals surface area contributed by atoms with Crippen LogP contribution in [0.3, 0.4) is 0 Å². The van der Waals surface area contributed by atoms with Gasteiger partial charge in [-0.05, 0) is 50.3 Å². The molecule has 2 heterocycles. The number of nitrogens with zero attached hydrogens (tertiary/aromatic N) is 1. The molecule has 3 nitrogen and oxygen atoms in total. The van der Waals surface area contributed by atoms with Crippen LogP contribution in [0.5, 0.6) is 0 Å². The van der Waals surface area contributed by atoms with Crippen molar-refractivity contribution in [3.05, 3.63) is 22.4 Å². The number of rotatable bonds is 6. The predicted octanol–water partition coefficient (Wildman–Crippen LogP) is 3.13. The van der Waals surface area contributed by atoms with E-state index in [4.69, 9.17) is 4.99 Å². The van der Waals surface area contributed by atoms with E-state index in [0.717, 1.165) is 32.0 Å². The molecular weight excluding hydrogens is 286 g/mol. The Kier molecular flexibility index (Phi) is 6.23. The molecule has 2 N–H and O–H groups in total. The van der Waals surface area contributed by atoms with Crippen LogP contribution in [-0.4, -0.2) is 36.1 Å². The normalized spacial score (nSPS) is 23.0. The van der Waals surface area contributed by atoms with Gasteiger partial charge in [-0.1, -0.05) is 6.07 Å². The first-order valence-corrected chi connectivity index (χ1v) is 9.27. The number of aliphatic imine (C=N–C) groups is 1. The second kappa shape index (κ2) is 7.93. The Morgan fingerprint density at radius 1 is 1.45 bits per heavy atom. The smallest absolute Gasteiger partial charge is 0.191 e. The van der Waals surface area contributed by atoms with Crippen molar-refractivity contribution in [3.63, 3.8) is 0 Å². The second-order valence-electron chi connectivity index (χ2n) is 5.35. The number of thiophene rings is 1. The van der Waals surface area contributed by atoms with E-state index in [0.29, 0.717) is 4.75 Å². The van der Waals surface area contributed by atoms with Gasteiger partial charge in [0.15, 0.2) is 5.96 Å². The molecule has 0 radical (unpaired) electrons. The first kappa shape index (κ1) is 15.7. The first-order valence-electron chi connectivity index (χ1n) is 7.40. The van der Waals surface area contributed by atoms with Crippen LogP contribution in [0, 0.1) is 0 Å². The zero-order valence-corrected chi connectivity index (χ0v) is 14.1. The molecule has 20 heavy (non-hydrogen) atoms. The van der Waals surface area contributed by atoms with E-state index < -0.39 is 0 Å². The van der Waals surface area contributed by atoms with Crippen LogP contribution in [0.25, 0.3) is 0 Å². The van der Waals surface area contributed by atoms with Crippen LogP contribution >= 0.6 is 23.1 Å². The van der Waals surface area contributed by atoms with Gasteiger partial charge in [-0.15, -0.1) is 11.3 Å². The molecule has 5 heteroatoms. The highest BCUT2D eigenvalue weighted by Crippen LogP contribution is 2.37. The van der Waals surface area contributed by atoms with Gasteiger partial charge >= 0.3 is 0 Å². The third kappa shape index (κ3) is 5.02. The van der Waals surface area contributed by atoms with E-state index >= 15 is 0 Å². The van der Waals surface area contributed by atoms with Crippen molar-refractivity contribution in [3.8, 4) is 0 Å². The fourth-order valence-electron chi connectivity index (χ4n) is 2.31. The number of guanidine groups is 1. The van der Waals surface area contributed by atoms with Gasteiger partial charge in [-0.2, -0.15) is 11.8 Å². The van der Waals surface area contributed by atoms with Gasteiger partial charge in [0.25, 0.3) is 0 Å². The lowest BCUT2D eigenvalue weighted by molar-refractivity contribution is 0.614. The van der Waals surface area contributed by atoms with Crippen molar-refractivity contribution in [2.45, 2.75) is 37.9 Å². The molecule has 112 valence electrons. The van der Waals surface area contributed by atoms with Crippen LogP contribution in [-0.2, 0) is 6.42 Å². The summed E-state index contributed by atoms with van der Waals surface area (Å²) in [4.78, 5) is 6.19. The predicted molar refractivity (Wildman–Crippen MR) is 92.1 cm³/mol. The minimum Gasteiger partial charge on any atom is -0.357 e. The largest absolute Gasteiger partial charge is 0.357 e. The van der Waals surface area contributed by atoms with Crippen molar-refractivity contribution in [1.82, 2.24) is 10.6 Å². The third-order valence-corrected chi connectivity index (χ3v) is 5.92. The lowest BCUT2D eigenvalue weighted by Gasteiger charge is -2.21. The standard InChI is InChI=1S/C15H25N3S2/c1-3-16-14(17-9-7-13-6-4-10-19-13)18-12-15(2)8-5-11-20-15/h4,6,10H,3,5,7-9,11-12H2,1-2H3,(H2,16,17,18). The summed E-state index contributed by atoms with van der Waals surface area (Å²) in [5, 5.41) is 8.91. The van der Waals surface area contributed by atoms with Gasteiger partial charge in [0.2, 0.25) is 0 Å². The Labute approximate surface area is 130 Å². The summed E-state index contributed by atoms with van der Waals surface area (Å²) in [5.41, 5.74) is 0. The highest BCUT2D eigenvalue weighted by Gasteiger charge is 2.29. The number of thioether (sulfide) groups is 1. The number of nitrogens with one attached hydrogen (secondary N) is 2. The molecule has 1 aromatic heterocycles. The van der Waals surface area contributed by atoms with E-state index in [1.54, 1.807) is 0 Å². The van der Waals surface area contributed by atoms with Crippen LogP contribution in [0.2, 0.25) is 0 Å². The SMILES string of the molecule is CCNC(=NCC1(C)CCCS1)NCCc1cccs1. The first-order chi connectivity index (χ1) is 9.72. The van der Waals surface area contributed by atoms with Crippen LogP contribution in [0.15, 0.2) is 22.5 Å². The van der Waals surface area contributed by atoms with Gasteiger partial charge in [0.1, 0.15) is 0 Å². The summed E-state index contributed by atoms with van der Waals surface area (Å²) < 4.78 is 0.343. The Morgan fingerprint density at radius 2 is 2.35 bits per heavy atom. The van der Waals surface area contributed by atoms with Crippen LogP contribution in [0.1, 0.15) is 31.6 Å². The molecule has 0 aliphatic carbocycles. The van der Waals surface area contributed by atoms with Crippen molar-refractivity contribution in [1.29, 1.82) is 0 Å². The molecule has 0 aromatic carbocycles. The zero-order chi connectivity index (χ0) is 14.3. The van der Waals surface area contributed by atoms with Gasteiger partial charge in [-0.3, -0.25) is 4.99 Å². The average molecular weight is 312 g/mol. The maximum Gasteiger partial charge on any atom is 0.191 e. The number of hydrogen-bond donors (Lipinski definition) is 2. The molecular formula is C15H25N3S2. The second-order valence-corrected chi connectivity index (χ2v) is 8.07. The Morgan fingerprint density at radius 3 is 3.00 bits per heavy atom. The van der Waals surface area contributed by atoms with Gasteiger partial charge in [0, 0.05) is 22.7 Å². The molecule has 1 aliphatic heterocycles. The molecule has 1 atom stereocenters. The van der Waals surface area contributed by atoms with Crippen molar-refractivity contribution >= 4 is 29.1 Å². The topological polar surface area (TPSA) is 36.4 Å². The highest BCUT2D eigenvalue weighted by atomic mass is 32.2. The summed E-state index contributed by atoms with van der Waals surface area (Å²) in [5.74, 6) is 2.24. The molecule has 1 aromatic rings. The van der Waals surface area contributed by atoms with E-state index in [9.17, 15) is 0 Å². The van der Waals surface area contributed by atoms with Crippen molar-refractivity contribution in [2.75, 3.05) is 25.4 Å². The molecule has 0 amide bonds. The summed E-state index contributed by atoms with van der Waals surface area (Å²) in [6.07, 6.45) is 3.68. The quantitative estimate of drug-likeness (QED) is 0.626. The third-order valence-electron chi connectivity index (χ3n) is 3.46. The van der Waals surface area contributed by atoms with Crippen molar-refractivity contribution in [2.24, 2.45) is 4.99 Å². The molecule has 1 unspecified atom stereocenters. The van der Waals surface area contributed by atoms with E-state index in [-0.39, 0.29) is 0 Å². The Hall–Kier alpha value is -0.680. The fraction of sp³-hybridized carbons (Fsp3) is 0.667. The molecule has 1 saturated heterocycles. The fourth-order valence-corrected chi connectivity index (χ4v) is 4.24. The molecule has 2 rings (SSSR count). The zero-order valence-electron chi connectivity index (χ0n) is 12.4.